The van der Waals surface area contributed by atoms with E-state index in [0.29, 0.717) is 12.1 Å². The molecule has 0 spiro atoms. The fourth-order valence-electron chi connectivity index (χ4n) is 2.46. The number of carbonyl (C=O) groups excluding carboxylic acids is 3. The number of hydrogen-bond acceptors (Lipinski definition) is 4. The van der Waals surface area contributed by atoms with Crippen LogP contribution in [-0.4, -0.2) is 48.5 Å². The first-order valence-electron chi connectivity index (χ1n) is 7.40. The molecule has 0 unspecified atom stereocenters. The average molecular weight is 359 g/mol. The highest BCUT2D eigenvalue weighted by Crippen LogP contribution is 2.18. The van der Waals surface area contributed by atoms with Crippen molar-refractivity contribution in [3.05, 3.63) is 35.1 Å². The molecule has 1 aromatic rings. The van der Waals surface area contributed by atoms with E-state index in [0.717, 1.165) is 0 Å². The number of ether oxygens (including phenoxy) is 1. The molecule has 3 N–H and O–H groups in total. The summed E-state index contributed by atoms with van der Waals surface area (Å²) in [4.78, 5) is 35.8. The Bertz CT molecular complexity index is 699. The predicted octanol–water partition coefficient (Wildman–Crippen LogP) is 0.459. The predicted molar refractivity (Wildman–Crippen MR) is 78.7 cm³/mol. The normalized spacial score (nSPS) is 15.5. The number of nitrogens with two attached hydrogens (primary N) is 1. The minimum atomic E-state index is -1.36. The third-order valence-electron chi connectivity index (χ3n) is 3.61. The first-order valence-corrected chi connectivity index (χ1v) is 7.40. The molecule has 0 aromatic heterocycles. The topological polar surface area (TPSA) is 102 Å². The van der Waals surface area contributed by atoms with Crippen LogP contribution in [0, 0.1) is 17.5 Å². The van der Waals surface area contributed by atoms with Crippen molar-refractivity contribution in [2.45, 2.75) is 18.9 Å². The van der Waals surface area contributed by atoms with Crippen LogP contribution < -0.4 is 11.1 Å². The van der Waals surface area contributed by atoms with Crippen molar-refractivity contribution < 1.29 is 32.3 Å². The van der Waals surface area contributed by atoms with E-state index in [9.17, 15) is 27.6 Å². The van der Waals surface area contributed by atoms with Crippen molar-refractivity contribution in [2.75, 3.05) is 19.6 Å². The van der Waals surface area contributed by atoms with Crippen LogP contribution in [0.2, 0.25) is 0 Å². The van der Waals surface area contributed by atoms with E-state index in [1.165, 1.54) is 4.90 Å². The summed E-state index contributed by atoms with van der Waals surface area (Å²) in [5.41, 5.74) is 4.67. The van der Waals surface area contributed by atoms with Crippen LogP contribution >= 0.6 is 0 Å². The lowest BCUT2D eigenvalue weighted by Crippen LogP contribution is -2.50. The third-order valence-corrected chi connectivity index (χ3v) is 3.61. The van der Waals surface area contributed by atoms with Gasteiger partial charge in [-0.05, 0) is 11.6 Å². The molecule has 0 bridgehead atoms. The van der Waals surface area contributed by atoms with Gasteiger partial charge in [-0.25, -0.2) is 18.0 Å². The molecular formula is C15H16F3N3O4. The van der Waals surface area contributed by atoms with Gasteiger partial charge in [0.05, 0.1) is 13.0 Å². The Balaban J connectivity index is 2.10. The van der Waals surface area contributed by atoms with Crippen molar-refractivity contribution in [3.63, 3.8) is 0 Å². The minimum Gasteiger partial charge on any atom is -0.445 e. The van der Waals surface area contributed by atoms with Gasteiger partial charge in [0.1, 0.15) is 11.9 Å². The molecule has 1 aliphatic heterocycles. The zero-order valence-corrected chi connectivity index (χ0v) is 13.1. The Morgan fingerprint density at radius 1 is 1.24 bits per heavy atom. The average Bonchev–Trinajstić information content (AvgIpc) is 2.52. The summed E-state index contributed by atoms with van der Waals surface area (Å²) in [7, 11) is 0. The number of hydrogen-bond donors (Lipinski definition) is 2. The van der Waals surface area contributed by atoms with Crippen LogP contribution in [0.5, 0.6) is 0 Å². The SMILES string of the molecule is NC(=O)O[C@@H](CC(=O)N1CCNC(=O)C1)Cc1cc(F)c(F)cc1F. The molecule has 10 heteroatoms. The van der Waals surface area contributed by atoms with Crippen LogP contribution in [0.1, 0.15) is 12.0 Å². The van der Waals surface area contributed by atoms with Gasteiger partial charge in [0.15, 0.2) is 11.6 Å². The summed E-state index contributed by atoms with van der Waals surface area (Å²) in [5, 5.41) is 2.55. The number of halogens is 3. The number of benzene rings is 1. The molecule has 3 amide bonds. The van der Waals surface area contributed by atoms with Gasteiger partial charge in [-0.15, -0.1) is 0 Å². The maximum absolute atomic E-state index is 13.7. The maximum Gasteiger partial charge on any atom is 0.404 e. The molecule has 1 saturated heterocycles. The highest BCUT2D eigenvalue weighted by atomic mass is 19.2. The maximum atomic E-state index is 13.7. The zero-order valence-electron chi connectivity index (χ0n) is 13.1. The summed E-state index contributed by atoms with van der Waals surface area (Å²) in [6.45, 7) is 0.402. The first kappa shape index (κ1) is 18.6. The molecule has 1 heterocycles. The van der Waals surface area contributed by atoms with Gasteiger partial charge in [0, 0.05) is 25.6 Å². The Kier molecular flexibility index (Phi) is 5.84. The van der Waals surface area contributed by atoms with Gasteiger partial charge < -0.3 is 20.7 Å². The van der Waals surface area contributed by atoms with Crippen molar-refractivity contribution in [1.82, 2.24) is 10.2 Å². The van der Waals surface area contributed by atoms with E-state index in [2.05, 4.69) is 5.32 Å². The second kappa shape index (κ2) is 7.86. The van der Waals surface area contributed by atoms with Crippen molar-refractivity contribution in [1.29, 1.82) is 0 Å². The Hall–Kier alpha value is -2.78. The zero-order chi connectivity index (χ0) is 18.6. The molecule has 1 aliphatic rings. The molecule has 0 radical (unpaired) electrons. The monoisotopic (exact) mass is 359 g/mol. The lowest BCUT2D eigenvalue weighted by Gasteiger charge is -2.28. The number of rotatable bonds is 5. The highest BCUT2D eigenvalue weighted by Gasteiger charge is 2.26. The van der Waals surface area contributed by atoms with Crippen LogP contribution in [0.4, 0.5) is 18.0 Å². The van der Waals surface area contributed by atoms with E-state index >= 15 is 0 Å². The van der Waals surface area contributed by atoms with Gasteiger partial charge in [0.2, 0.25) is 11.8 Å². The molecule has 0 aliphatic carbocycles. The molecular weight excluding hydrogens is 343 g/mol. The smallest absolute Gasteiger partial charge is 0.404 e. The lowest BCUT2D eigenvalue weighted by molar-refractivity contribution is -0.139. The summed E-state index contributed by atoms with van der Waals surface area (Å²) >= 11 is 0. The second-order valence-corrected chi connectivity index (χ2v) is 5.49. The summed E-state index contributed by atoms with van der Waals surface area (Å²) in [6.07, 6.45) is -3.14. The van der Waals surface area contributed by atoms with E-state index < -0.39 is 35.6 Å². The fraction of sp³-hybridized carbons (Fsp3) is 0.400. The molecule has 1 aromatic carbocycles. The third kappa shape index (κ3) is 5.10. The van der Waals surface area contributed by atoms with Crippen LogP contribution in [-0.2, 0) is 20.7 Å². The Morgan fingerprint density at radius 3 is 2.56 bits per heavy atom. The van der Waals surface area contributed by atoms with Crippen LogP contribution in [0.15, 0.2) is 12.1 Å². The molecule has 0 saturated carbocycles. The van der Waals surface area contributed by atoms with Crippen LogP contribution in [0.25, 0.3) is 0 Å². The first-order chi connectivity index (χ1) is 11.8. The van der Waals surface area contributed by atoms with Crippen molar-refractivity contribution >= 4 is 17.9 Å². The van der Waals surface area contributed by atoms with Gasteiger partial charge in [0.25, 0.3) is 0 Å². The molecule has 25 heavy (non-hydrogen) atoms. The molecule has 2 rings (SSSR count). The van der Waals surface area contributed by atoms with E-state index in [4.69, 9.17) is 10.5 Å². The summed E-state index contributed by atoms with van der Waals surface area (Å²) in [5.74, 6) is -4.51. The summed E-state index contributed by atoms with van der Waals surface area (Å²) in [6, 6.07) is 0.990. The van der Waals surface area contributed by atoms with E-state index in [1.807, 2.05) is 0 Å². The number of carbonyl (C=O) groups is 3. The number of piperazine rings is 1. The van der Waals surface area contributed by atoms with Gasteiger partial charge in [-0.3, -0.25) is 9.59 Å². The Morgan fingerprint density at radius 2 is 1.92 bits per heavy atom. The Labute approximate surface area is 140 Å². The number of primary amides is 1. The largest absolute Gasteiger partial charge is 0.445 e. The highest BCUT2D eigenvalue weighted by molar-refractivity contribution is 5.86. The molecule has 7 nitrogen and oxygen atoms in total. The number of nitrogens with one attached hydrogen (secondary N) is 1. The second-order valence-electron chi connectivity index (χ2n) is 5.49. The fourth-order valence-corrected chi connectivity index (χ4v) is 2.46. The van der Waals surface area contributed by atoms with Gasteiger partial charge >= 0.3 is 6.09 Å². The molecule has 1 fully saturated rings. The van der Waals surface area contributed by atoms with Crippen LogP contribution in [0.3, 0.4) is 0 Å². The lowest BCUT2D eigenvalue weighted by atomic mass is 10.0. The van der Waals surface area contributed by atoms with Gasteiger partial charge in [-0.2, -0.15) is 0 Å². The molecule has 1 atom stereocenters. The number of amides is 3. The van der Waals surface area contributed by atoms with E-state index in [1.54, 1.807) is 0 Å². The van der Waals surface area contributed by atoms with Gasteiger partial charge in [-0.1, -0.05) is 0 Å². The van der Waals surface area contributed by atoms with Crippen molar-refractivity contribution in [2.24, 2.45) is 5.73 Å². The standard InChI is InChI=1S/C15H16F3N3O4/c16-10-6-12(18)11(17)4-8(10)3-9(25-15(19)24)5-14(23)21-2-1-20-13(22)7-21/h4,6,9H,1-3,5,7H2,(H2,19,24)(H,20,22)/t9-/m1/s1. The van der Waals surface area contributed by atoms with E-state index in [-0.39, 0.29) is 43.9 Å². The number of nitrogens with zero attached hydrogens (tertiary/aromatic N) is 1. The molecule has 136 valence electrons. The quantitative estimate of drug-likeness (QED) is 0.746. The summed E-state index contributed by atoms with van der Waals surface area (Å²) < 4.78 is 44.8. The minimum absolute atomic E-state index is 0.151. The van der Waals surface area contributed by atoms with Crippen molar-refractivity contribution in [3.8, 4) is 0 Å².